The van der Waals surface area contributed by atoms with Crippen LogP contribution in [0.5, 0.6) is 0 Å². The number of hydrogen-bond acceptors (Lipinski definition) is 2. The molecule has 0 aliphatic carbocycles. The van der Waals surface area contributed by atoms with Crippen molar-refractivity contribution in [2.45, 2.75) is 58.6 Å². The van der Waals surface area contributed by atoms with Gasteiger partial charge in [-0.1, -0.05) is 29.8 Å². The fourth-order valence-electron chi connectivity index (χ4n) is 2.10. The Morgan fingerprint density at radius 1 is 1.16 bits per heavy atom. The molecule has 1 rings (SSSR count). The summed E-state index contributed by atoms with van der Waals surface area (Å²) in [4.78, 5) is 0. The highest BCUT2D eigenvalue weighted by Crippen LogP contribution is 2.23. The highest BCUT2D eigenvalue weighted by atomic mass is 16.5. The molecule has 0 spiro atoms. The van der Waals surface area contributed by atoms with Crippen molar-refractivity contribution in [2.24, 2.45) is 0 Å². The van der Waals surface area contributed by atoms with Crippen LogP contribution in [-0.4, -0.2) is 25.3 Å². The second kappa shape index (κ2) is 7.06. The monoisotopic (exact) mass is 263 g/mol. The second-order valence-electron chi connectivity index (χ2n) is 6.52. The molecule has 0 aliphatic heterocycles. The predicted molar refractivity (Wildman–Crippen MR) is 82.8 cm³/mol. The summed E-state index contributed by atoms with van der Waals surface area (Å²) in [6, 6.07) is 8.87. The van der Waals surface area contributed by atoms with Crippen LogP contribution in [0.3, 0.4) is 0 Å². The van der Waals surface area contributed by atoms with Crippen LogP contribution in [0.4, 0.5) is 0 Å². The zero-order chi connectivity index (χ0) is 14.5. The fraction of sp³-hybridized carbons (Fsp3) is 0.647. The van der Waals surface area contributed by atoms with Gasteiger partial charge in [-0.2, -0.15) is 0 Å². The largest absolute Gasteiger partial charge is 0.382 e. The van der Waals surface area contributed by atoms with E-state index in [9.17, 15) is 0 Å². The first-order chi connectivity index (χ1) is 8.81. The Morgan fingerprint density at radius 2 is 1.74 bits per heavy atom. The molecule has 0 saturated heterocycles. The van der Waals surface area contributed by atoms with E-state index in [1.165, 1.54) is 11.1 Å². The molecular weight excluding hydrogens is 234 g/mol. The first-order valence-electron chi connectivity index (χ1n) is 7.16. The van der Waals surface area contributed by atoms with Gasteiger partial charge < -0.3 is 10.1 Å². The number of benzene rings is 1. The number of ether oxygens (including phenoxy) is 1. The van der Waals surface area contributed by atoms with Crippen molar-refractivity contribution in [3.8, 4) is 0 Å². The molecular formula is C17H29NO. The third-order valence-electron chi connectivity index (χ3n) is 3.45. The smallest absolute Gasteiger partial charge is 0.0549 e. The van der Waals surface area contributed by atoms with Crippen LogP contribution in [0.1, 0.15) is 51.2 Å². The predicted octanol–water partition coefficient (Wildman–Crippen LogP) is 3.89. The van der Waals surface area contributed by atoms with Crippen molar-refractivity contribution in [3.05, 3.63) is 35.4 Å². The highest BCUT2D eigenvalue weighted by Gasteiger charge is 2.18. The lowest BCUT2D eigenvalue weighted by Crippen LogP contribution is -2.39. The Hall–Kier alpha value is -0.860. The van der Waals surface area contributed by atoms with E-state index in [-0.39, 0.29) is 11.6 Å². The van der Waals surface area contributed by atoms with E-state index in [0.29, 0.717) is 5.92 Å². The first kappa shape index (κ1) is 16.2. The standard InChI is InChI=1S/C17H29NO/c1-13-7-9-15(10-8-13)16(11-14(2)19-6)12-18-17(3,4)5/h7-10,14,16,18H,11-12H2,1-6H3. The van der Waals surface area contributed by atoms with E-state index >= 15 is 0 Å². The van der Waals surface area contributed by atoms with E-state index in [1.54, 1.807) is 7.11 Å². The lowest BCUT2D eigenvalue weighted by atomic mass is 9.92. The summed E-state index contributed by atoms with van der Waals surface area (Å²) in [6.45, 7) is 11.9. The van der Waals surface area contributed by atoms with Gasteiger partial charge in [-0.3, -0.25) is 0 Å². The maximum absolute atomic E-state index is 5.43. The van der Waals surface area contributed by atoms with Crippen LogP contribution < -0.4 is 5.32 Å². The van der Waals surface area contributed by atoms with Crippen LogP contribution >= 0.6 is 0 Å². The van der Waals surface area contributed by atoms with Gasteiger partial charge in [0, 0.05) is 19.2 Å². The van der Waals surface area contributed by atoms with Crippen LogP contribution in [0.15, 0.2) is 24.3 Å². The van der Waals surface area contributed by atoms with Crippen molar-refractivity contribution in [1.29, 1.82) is 0 Å². The summed E-state index contributed by atoms with van der Waals surface area (Å²) in [6.07, 6.45) is 1.33. The average molecular weight is 263 g/mol. The van der Waals surface area contributed by atoms with Crippen molar-refractivity contribution in [2.75, 3.05) is 13.7 Å². The molecule has 0 heterocycles. The van der Waals surface area contributed by atoms with E-state index in [1.807, 2.05) is 0 Å². The molecule has 2 unspecified atom stereocenters. The molecule has 1 N–H and O–H groups in total. The fourth-order valence-corrected chi connectivity index (χ4v) is 2.10. The van der Waals surface area contributed by atoms with Gasteiger partial charge in [0.15, 0.2) is 0 Å². The second-order valence-corrected chi connectivity index (χ2v) is 6.52. The summed E-state index contributed by atoms with van der Waals surface area (Å²) in [5.74, 6) is 0.495. The Labute approximate surface area is 118 Å². The maximum atomic E-state index is 5.43. The summed E-state index contributed by atoms with van der Waals surface area (Å²) in [5, 5.41) is 3.61. The molecule has 0 fully saturated rings. The molecule has 0 radical (unpaired) electrons. The number of hydrogen-bond donors (Lipinski definition) is 1. The molecule has 1 aromatic rings. The minimum absolute atomic E-state index is 0.152. The molecule has 0 saturated carbocycles. The van der Waals surface area contributed by atoms with Crippen molar-refractivity contribution >= 4 is 0 Å². The van der Waals surface area contributed by atoms with E-state index in [2.05, 4.69) is 64.2 Å². The zero-order valence-corrected chi connectivity index (χ0v) is 13.3. The Bertz CT molecular complexity index is 364. The summed E-state index contributed by atoms with van der Waals surface area (Å²) < 4.78 is 5.43. The van der Waals surface area contributed by atoms with Gasteiger partial charge >= 0.3 is 0 Å². The molecule has 1 aromatic carbocycles. The SMILES string of the molecule is COC(C)CC(CNC(C)(C)C)c1ccc(C)cc1. The Morgan fingerprint density at radius 3 is 2.21 bits per heavy atom. The minimum atomic E-state index is 0.152. The molecule has 0 amide bonds. The molecule has 0 aromatic heterocycles. The van der Waals surface area contributed by atoms with Crippen molar-refractivity contribution in [3.63, 3.8) is 0 Å². The molecule has 2 atom stereocenters. The zero-order valence-electron chi connectivity index (χ0n) is 13.3. The Balaban J connectivity index is 2.76. The van der Waals surface area contributed by atoms with Gasteiger partial charge in [-0.15, -0.1) is 0 Å². The lowest BCUT2D eigenvalue weighted by molar-refractivity contribution is 0.103. The van der Waals surface area contributed by atoms with Crippen molar-refractivity contribution < 1.29 is 4.74 Å². The number of rotatable bonds is 6. The third-order valence-corrected chi connectivity index (χ3v) is 3.45. The van der Waals surface area contributed by atoms with Gasteiger partial charge in [0.2, 0.25) is 0 Å². The summed E-state index contributed by atoms with van der Waals surface area (Å²) >= 11 is 0. The topological polar surface area (TPSA) is 21.3 Å². The molecule has 0 bridgehead atoms. The summed E-state index contributed by atoms with van der Waals surface area (Å²) in [7, 11) is 1.79. The Kier molecular flexibility index (Phi) is 6.02. The van der Waals surface area contributed by atoms with Crippen molar-refractivity contribution in [1.82, 2.24) is 5.32 Å². The number of aryl methyl sites for hydroxylation is 1. The van der Waals surface area contributed by atoms with Gasteiger partial charge in [-0.25, -0.2) is 0 Å². The van der Waals surface area contributed by atoms with Gasteiger partial charge in [0.1, 0.15) is 0 Å². The van der Waals surface area contributed by atoms with Gasteiger partial charge in [0.25, 0.3) is 0 Å². The molecule has 19 heavy (non-hydrogen) atoms. The average Bonchev–Trinajstić information content (AvgIpc) is 2.34. The van der Waals surface area contributed by atoms with E-state index in [0.717, 1.165) is 13.0 Å². The molecule has 108 valence electrons. The van der Waals surface area contributed by atoms with Gasteiger partial charge in [0.05, 0.1) is 6.10 Å². The normalized spacial score (nSPS) is 15.3. The third kappa shape index (κ3) is 6.22. The lowest BCUT2D eigenvalue weighted by Gasteiger charge is -2.27. The maximum Gasteiger partial charge on any atom is 0.0549 e. The first-order valence-corrected chi connectivity index (χ1v) is 7.16. The van der Waals surface area contributed by atoms with Crippen LogP contribution in [0, 0.1) is 6.92 Å². The summed E-state index contributed by atoms with van der Waals surface area (Å²) in [5.41, 5.74) is 2.86. The van der Waals surface area contributed by atoms with Gasteiger partial charge in [-0.05, 0) is 52.5 Å². The number of methoxy groups -OCH3 is 1. The minimum Gasteiger partial charge on any atom is -0.382 e. The van der Waals surface area contributed by atoms with Crippen LogP contribution in [-0.2, 0) is 4.74 Å². The van der Waals surface area contributed by atoms with Crippen LogP contribution in [0.2, 0.25) is 0 Å². The molecule has 2 heteroatoms. The molecule has 0 aliphatic rings. The van der Waals surface area contributed by atoms with E-state index < -0.39 is 0 Å². The molecule has 2 nitrogen and oxygen atoms in total. The highest BCUT2D eigenvalue weighted by molar-refractivity contribution is 5.25. The number of nitrogens with one attached hydrogen (secondary N) is 1. The quantitative estimate of drug-likeness (QED) is 0.840. The van der Waals surface area contributed by atoms with Crippen LogP contribution in [0.25, 0.3) is 0 Å². The van der Waals surface area contributed by atoms with E-state index in [4.69, 9.17) is 4.74 Å².